The van der Waals surface area contributed by atoms with E-state index in [4.69, 9.17) is 9.47 Å². The van der Waals surface area contributed by atoms with Crippen molar-refractivity contribution < 1.29 is 23.8 Å². The number of nitrogens with zero attached hydrogens (tertiary/aromatic N) is 1. The Morgan fingerprint density at radius 3 is 2.44 bits per heavy atom. The van der Waals surface area contributed by atoms with Gasteiger partial charge in [-0.3, -0.25) is 0 Å². The van der Waals surface area contributed by atoms with Crippen molar-refractivity contribution in [1.29, 1.82) is 0 Å². The molecule has 0 bridgehead atoms. The highest BCUT2D eigenvalue weighted by molar-refractivity contribution is 6.09. The molecule has 0 N–H and O–H groups in total. The standard InChI is InChI=1S/C21H19NO5/c1-25-17-10-8-15(9-11-17)14-21(13-12-18(23)26-2)20(24)27-19(22-21)16-6-4-3-5-7-16/h3-13H,14H2,1-2H3/b13-12-/t21-/m1/s1. The van der Waals surface area contributed by atoms with Crippen LogP contribution in [0.15, 0.2) is 71.7 Å². The number of rotatable bonds is 6. The first-order valence-electron chi connectivity index (χ1n) is 8.34. The van der Waals surface area contributed by atoms with E-state index < -0.39 is 17.5 Å². The lowest BCUT2D eigenvalue weighted by molar-refractivity contribution is -0.137. The zero-order valence-corrected chi connectivity index (χ0v) is 15.0. The van der Waals surface area contributed by atoms with Crippen LogP contribution in [0.1, 0.15) is 11.1 Å². The van der Waals surface area contributed by atoms with Gasteiger partial charge in [0.15, 0.2) is 5.54 Å². The van der Waals surface area contributed by atoms with Crippen LogP contribution in [0.5, 0.6) is 5.75 Å². The molecule has 138 valence electrons. The molecule has 2 aromatic rings. The van der Waals surface area contributed by atoms with Gasteiger partial charge < -0.3 is 14.2 Å². The minimum atomic E-state index is -1.34. The number of esters is 2. The average molecular weight is 365 g/mol. The van der Waals surface area contributed by atoms with Crippen LogP contribution in [0.2, 0.25) is 0 Å². The van der Waals surface area contributed by atoms with E-state index >= 15 is 0 Å². The summed E-state index contributed by atoms with van der Waals surface area (Å²) in [4.78, 5) is 28.9. The van der Waals surface area contributed by atoms with E-state index in [1.54, 1.807) is 31.4 Å². The molecule has 1 aliphatic rings. The van der Waals surface area contributed by atoms with Gasteiger partial charge in [0.2, 0.25) is 5.90 Å². The fourth-order valence-electron chi connectivity index (χ4n) is 2.73. The molecule has 0 aromatic heterocycles. The van der Waals surface area contributed by atoms with E-state index in [1.807, 2.05) is 30.3 Å². The number of benzene rings is 2. The largest absolute Gasteiger partial charge is 0.497 e. The van der Waals surface area contributed by atoms with Crippen molar-refractivity contribution in [3.05, 3.63) is 77.9 Å². The molecule has 0 aliphatic carbocycles. The lowest BCUT2D eigenvalue weighted by Gasteiger charge is -2.18. The molecule has 1 aliphatic heterocycles. The summed E-state index contributed by atoms with van der Waals surface area (Å²) >= 11 is 0. The van der Waals surface area contributed by atoms with Crippen LogP contribution in [0.3, 0.4) is 0 Å². The average Bonchev–Trinajstić information content (AvgIpc) is 3.04. The van der Waals surface area contributed by atoms with Gasteiger partial charge in [-0.15, -0.1) is 0 Å². The second kappa shape index (κ2) is 7.86. The van der Waals surface area contributed by atoms with Crippen molar-refractivity contribution in [3.63, 3.8) is 0 Å². The fourth-order valence-corrected chi connectivity index (χ4v) is 2.73. The molecule has 0 fully saturated rings. The van der Waals surface area contributed by atoms with Gasteiger partial charge in [-0.05, 0) is 35.9 Å². The van der Waals surface area contributed by atoms with Crippen molar-refractivity contribution in [2.75, 3.05) is 14.2 Å². The normalized spacial score (nSPS) is 18.9. The van der Waals surface area contributed by atoms with Crippen LogP contribution >= 0.6 is 0 Å². The van der Waals surface area contributed by atoms with Gasteiger partial charge in [0.25, 0.3) is 0 Å². The van der Waals surface area contributed by atoms with E-state index in [0.29, 0.717) is 11.3 Å². The summed E-state index contributed by atoms with van der Waals surface area (Å²) in [5.74, 6) is -0.179. The first kappa shape index (κ1) is 18.4. The Morgan fingerprint density at radius 1 is 1.11 bits per heavy atom. The molecule has 0 radical (unpaired) electrons. The van der Waals surface area contributed by atoms with Gasteiger partial charge in [0, 0.05) is 18.1 Å². The Morgan fingerprint density at radius 2 is 1.81 bits per heavy atom. The summed E-state index contributed by atoms with van der Waals surface area (Å²) in [6.45, 7) is 0. The van der Waals surface area contributed by atoms with Crippen LogP contribution < -0.4 is 4.74 Å². The first-order valence-corrected chi connectivity index (χ1v) is 8.34. The number of aliphatic imine (C=N–C) groups is 1. The maximum absolute atomic E-state index is 12.7. The lowest BCUT2D eigenvalue weighted by atomic mass is 9.91. The predicted molar refractivity (Wildman–Crippen MR) is 99.7 cm³/mol. The number of cyclic esters (lactones) is 1. The summed E-state index contributed by atoms with van der Waals surface area (Å²) < 4.78 is 15.2. The van der Waals surface area contributed by atoms with Crippen LogP contribution in [0, 0.1) is 0 Å². The molecule has 6 heteroatoms. The maximum Gasteiger partial charge on any atom is 0.345 e. The molecule has 0 unspecified atom stereocenters. The van der Waals surface area contributed by atoms with Gasteiger partial charge >= 0.3 is 11.9 Å². The summed E-state index contributed by atoms with van der Waals surface area (Å²) in [5, 5.41) is 0. The number of hydrogen-bond acceptors (Lipinski definition) is 6. The third kappa shape index (κ3) is 4.06. The summed E-state index contributed by atoms with van der Waals surface area (Å²) in [6.07, 6.45) is 2.86. The van der Waals surface area contributed by atoms with Crippen LogP contribution in [-0.2, 0) is 25.5 Å². The van der Waals surface area contributed by atoms with Gasteiger partial charge in [-0.1, -0.05) is 30.3 Å². The Kier molecular flexibility index (Phi) is 5.35. The summed E-state index contributed by atoms with van der Waals surface area (Å²) in [7, 11) is 2.86. The van der Waals surface area contributed by atoms with E-state index in [0.717, 1.165) is 5.56 Å². The van der Waals surface area contributed by atoms with E-state index in [9.17, 15) is 9.59 Å². The zero-order chi connectivity index (χ0) is 19.3. The van der Waals surface area contributed by atoms with Gasteiger partial charge in [-0.25, -0.2) is 14.6 Å². The third-order valence-electron chi connectivity index (χ3n) is 4.19. The summed E-state index contributed by atoms with van der Waals surface area (Å²) in [6, 6.07) is 16.4. The van der Waals surface area contributed by atoms with Crippen molar-refractivity contribution in [2.45, 2.75) is 12.0 Å². The van der Waals surface area contributed by atoms with E-state index in [2.05, 4.69) is 9.73 Å². The topological polar surface area (TPSA) is 74.2 Å². The number of methoxy groups -OCH3 is 2. The molecular formula is C21H19NO5. The quantitative estimate of drug-likeness (QED) is 0.581. The monoisotopic (exact) mass is 365 g/mol. The molecule has 1 atom stereocenters. The van der Waals surface area contributed by atoms with Crippen LogP contribution in [0.25, 0.3) is 0 Å². The third-order valence-corrected chi connectivity index (χ3v) is 4.19. The molecule has 1 heterocycles. The lowest BCUT2D eigenvalue weighted by Crippen LogP contribution is -2.34. The molecule has 27 heavy (non-hydrogen) atoms. The van der Waals surface area contributed by atoms with Crippen molar-refractivity contribution in [1.82, 2.24) is 0 Å². The fraction of sp³-hybridized carbons (Fsp3) is 0.190. The number of carbonyl (C=O) groups excluding carboxylic acids is 2. The van der Waals surface area contributed by atoms with E-state index in [1.165, 1.54) is 19.3 Å². The Bertz CT molecular complexity index is 887. The maximum atomic E-state index is 12.7. The molecule has 0 saturated heterocycles. The second-order valence-electron chi connectivity index (χ2n) is 5.98. The molecular weight excluding hydrogens is 346 g/mol. The van der Waals surface area contributed by atoms with E-state index in [-0.39, 0.29) is 12.3 Å². The van der Waals surface area contributed by atoms with Gasteiger partial charge in [0.1, 0.15) is 5.75 Å². The molecule has 0 saturated carbocycles. The molecule has 3 rings (SSSR count). The van der Waals surface area contributed by atoms with Crippen molar-refractivity contribution >= 4 is 17.8 Å². The molecule has 6 nitrogen and oxygen atoms in total. The second-order valence-corrected chi connectivity index (χ2v) is 5.98. The van der Waals surface area contributed by atoms with Gasteiger partial charge in [0.05, 0.1) is 14.2 Å². The van der Waals surface area contributed by atoms with Crippen molar-refractivity contribution in [2.24, 2.45) is 4.99 Å². The van der Waals surface area contributed by atoms with Crippen LogP contribution in [0.4, 0.5) is 0 Å². The SMILES string of the molecule is COC(=O)/C=C\[C@]1(Cc2ccc(OC)cc2)N=C(c2ccccc2)OC1=O. The predicted octanol–water partition coefficient (Wildman–Crippen LogP) is 2.71. The Balaban J connectivity index is 1.99. The number of carbonyl (C=O) groups is 2. The highest BCUT2D eigenvalue weighted by atomic mass is 16.6. The zero-order valence-electron chi connectivity index (χ0n) is 15.0. The number of hydrogen-bond donors (Lipinski definition) is 0. The molecule has 0 amide bonds. The minimum Gasteiger partial charge on any atom is -0.497 e. The molecule has 2 aromatic carbocycles. The highest BCUT2D eigenvalue weighted by Crippen LogP contribution is 2.30. The van der Waals surface area contributed by atoms with Crippen molar-refractivity contribution in [3.8, 4) is 5.75 Å². The Labute approximate surface area is 157 Å². The minimum absolute atomic E-state index is 0.226. The smallest absolute Gasteiger partial charge is 0.345 e. The Hall–Kier alpha value is -3.41. The first-order chi connectivity index (χ1) is 13.1. The highest BCUT2D eigenvalue weighted by Gasteiger charge is 2.44. The van der Waals surface area contributed by atoms with Crippen LogP contribution in [-0.4, -0.2) is 37.6 Å². The number of ether oxygens (including phenoxy) is 3. The summed E-state index contributed by atoms with van der Waals surface area (Å²) in [5.41, 5.74) is 0.197. The van der Waals surface area contributed by atoms with Gasteiger partial charge in [-0.2, -0.15) is 0 Å². The molecule has 0 spiro atoms.